The summed E-state index contributed by atoms with van der Waals surface area (Å²) in [5, 5.41) is 21.4. The number of hydrogen-bond donors (Lipinski definition) is 2. The zero-order valence-electron chi connectivity index (χ0n) is 18.3. The Kier molecular flexibility index (Phi) is 3.76. The van der Waals surface area contributed by atoms with Crippen LogP contribution < -0.4 is 0 Å². The summed E-state index contributed by atoms with van der Waals surface area (Å²) in [5.74, 6) is 4.60. The molecule has 11 unspecified atom stereocenters. The van der Waals surface area contributed by atoms with Gasteiger partial charge in [-0.05, 0) is 86.4 Å². The van der Waals surface area contributed by atoms with Crippen molar-refractivity contribution in [3.8, 4) is 0 Å². The van der Waals surface area contributed by atoms with Crippen LogP contribution in [0.5, 0.6) is 0 Å². The Morgan fingerprint density at radius 3 is 2.55 bits per heavy atom. The minimum atomic E-state index is -0.751. The van der Waals surface area contributed by atoms with Gasteiger partial charge >= 0.3 is 0 Å². The largest absolute Gasteiger partial charge is 0.396 e. The van der Waals surface area contributed by atoms with E-state index in [2.05, 4.69) is 13.8 Å². The van der Waals surface area contributed by atoms with E-state index in [0.717, 1.165) is 38.0 Å². The number of aliphatic hydroxyl groups is 2. The molecule has 4 nitrogen and oxygen atoms in total. The van der Waals surface area contributed by atoms with E-state index in [-0.39, 0.29) is 28.8 Å². The van der Waals surface area contributed by atoms with E-state index < -0.39 is 5.60 Å². The molecule has 6 aliphatic carbocycles. The number of aliphatic hydroxyl groups excluding tert-OH is 1. The fraction of sp³-hybridized carbons (Fsp3) is 0.960. The number of rotatable bonds is 4. The summed E-state index contributed by atoms with van der Waals surface area (Å²) in [6.07, 6.45) is 8.51. The van der Waals surface area contributed by atoms with Crippen molar-refractivity contribution >= 4 is 5.78 Å². The molecule has 0 radical (unpaired) electrons. The maximum Gasteiger partial charge on any atom is 0.135 e. The summed E-state index contributed by atoms with van der Waals surface area (Å²) in [5.41, 5.74) is -0.732. The third-order valence-electron chi connectivity index (χ3n) is 11.7. The van der Waals surface area contributed by atoms with Gasteiger partial charge in [-0.2, -0.15) is 0 Å². The van der Waals surface area contributed by atoms with E-state index >= 15 is 0 Å². The minimum Gasteiger partial charge on any atom is -0.396 e. The SMILES string of the molecule is COC1(CCCO)C2CC2C2C3C4CC4C4(O)CC(=O)CCC4(C)C3CCC21C. The third kappa shape index (κ3) is 2.01. The molecule has 162 valence electrons. The molecule has 6 fully saturated rings. The molecule has 0 aliphatic heterocycles. The third-order valence-corrected chi connectivity index (χ3v) is 11.7. The van der Waals surface area contributed by atoms with Crippen LogP contribution in [0.2, 0.25) is 0 Å². The lowest BCUT2D eigenvalue weighted by atomic mass is 9.42. The van der Waals surface area contributed by atoms with Crippen LogP contribution in [0, 0.1) is 52.3 Å². The van der Waals surface area contributed by atoms with Gasteiger partial charge in [0, 0.05) is 37.4 Å². The van der Waals surface area contributed by atoms with Crippen molar-refractivity contribution in [3.05, 3.63) is 0 Å². The van der Waals surface area contributed by atoms with Crippen molar-refractivity contribution in [2.45, 2.75) is 82.8 Å². The summed E-state index contributed by atoms with van der Waals surface area (Å²) >= 11 is 0. The van der Waals surface area contributed by atoms with Crippen molar-refractivity contribution in [3.63, 3.8) is 0 Å². The fourth-order valence-electron chi connectivity index (χ4n) is 10.4. The van der Waals surface area contributed by atoms with Gasteiger partial charge < -0.3 is 14.9 Å². The smallest absolute Gasteiger partial charge is 0.135 e. The monoisotopic (exact) mass is 402 g/mol. The number of methoxy groups -OCH3 is 1. The summed E-state index contributed by atoms with van der Waals surface area (Å²) < 4.78 is 6.42. The van der Waals surface area contributed by atoms with Crippen LogP contribution in [-0.4, -0.2) is 40.9 Å². The zero-order chi connectivity index (χ0) is 20.4. The summed E-state index contributed by atoms with van der Waals surface area (Å²) in [4.78, 5) is 12.3. The van der Waals surface area contributed by atoms with Crippen LogP contribution in [0.25, 0.3) is 0 Å². The van der Waals surface area contributed by atoms with Crippen LogP contribution in [0.4, 0.5) is 0 Å². The topological polar surface area (TPSA) is 66.8 Å². The highest BCUT2D eigenvalue weighted by atomic mass is 16.5. The van der Waals surface area contributed by atoms with Crippen LogP contribution in [-0.2, 0) is 9.53 Å². The predicted octanol–water partition coefficient (Wildman–Crippen LogP) is 3.58. The molecule has 0 spiro atoms. The zero-order valence-corrected chi connectivity index (χ0v) is 18.3. The number of fused-ring (bicyclic) bond motifs is 10. The van der Waals surface area contributed by atoms with Crippen molar-refractivity contribution in [1.29, 1.82) is 0 Å². The van der Waals surface area contributed by atoms with Crippen LogP contribution in [0.3, 0.4) is 0 Å². The quantitative estimate of drug-likeness (QED) is 0.754. The van der Waals surface area contributed by atoms with Gasteiger partial charge in [-0.3, -0.25) is 4.79 Å². The van der Waals surface area contributed by atoms with E-state index in [1.807, 2.05) is 7.11 Å². The molecular formula is C25H38O4. The van der Waals surface area contributed by atoms with Crippen LogP contribution in [0.1, 0.15) is 71.6 Å². The number of carbonyl (C=O) groups excluding carboxylic acids is 1. The summed E-state index contributed by atoms with van der Waals surface area (Å²) in [7, 11) is 1.92. The van der Waals surface area contributed by atoms with Gasteiger partial charge in [-0.15, -0.1) is 0 Å². The molecule has 4 heteroatoms. The predicted molar refractivity (Wildman–Crippen MR) is 109 cm³/mol. The molecule has 0 bridgehead atoms. The molecule has 0 aromatic rings. The Bertz CT molecular complexity index is 751. The molecule has 2 N–H and O–H groups in total. The number of ether oxygens (including phenoxy) is 1. The van der Waals surface area contributed by atoms with Crippen molar-refractivity contribution in [2.24, 2.45) is 52.3 Å². The number of Topliss-reactive ketones (excluding diaryl/α,β-unsaturated/α-hetero) is 1. The second-order valence-electron chi connectivity index (χ2n) is 12.2. The van der Waals surface area contributed by atoms with E-state index in [9.17, 15) is 15.0 Å². The van der Waals surface area contributed by atoms with Gasteiger partial charge in [0.2, 0.25) is 0 Å². The molecule has 29 heavy (non-hydrogen) atoms. The Balaban J connectivity index is 1.40. The summed E-state index contributed by atoms with van der Waals surface area (Å²) in [6.45, 7) is 5.09. The molecule has 11 atom stereocenters. The Labute approximate surface area is 174 Å². The average molecular weight is 403 g/mol. The number of hydrogen-bond acceptors (Lipinski definition) is 4. The van der Waals surface area contributed by atoms with Gasteiger partial charge in [0.05, 0.1) is 11.2 Å². The highest BCUT2D eigenvalue weighted by Gasteiger charge is 2.81. The Morgan fingerprint density at radius 1 is 1.07 bits per heavy atom. The first-order valence-corrected chi connectivity index (χ1v) is 12.2. The average Bonchev–Trinajstić information content (AvgIpc) is 3.58. The number of ketones is 1. The Hall–Kier alpha value is -0.450. The van der Waals surface area contributed by atoms with Gasteiger partial charge in [0.15, 0.2) is 0 Å². The van der Waals surface area contributed by atoms with E-state index in [1.54, 1.807) is 0 Å². The molecule has 0 heterocycles. The highest BCUT2D eigenvalue weighted by Crippen LogP contribution is 2.82. The van der Waals surface area contributed by atoms with Crippen LogP contribution in [0.15, 0.2) is 0 Å². The normalized spacial score (nSPS) is 61.8. The molecule has 0 amide bonds. The first kappa shape index (κ1) is 19.3. The molecule has 6 aliphatic rings. The number of carbonyl (C=O) groups is 1. The van der Waals surface area contributed by atoms with E-state index in [0.29, 0.717) is 48.3 Å². The lowest BCUT2D eigenvalue weighted by Gasteiger charge is -2.64. The molecule has 0 aromatic heterocycles. The first-order valence-electron chi connectivity index (χ1n) is 12.2. The Morgan fingerprint density at radius 2 is 1.83 bits per heavy atom. The molecule has 6 saturated carbocycles. The maximum atomic E-state index is 12.3. The maximum absolute atomic E-state index is 12.3. The first-order chi connectivity index (χ1) is 13.8. The van der Waals surface area contributed by atoms with Gasteiger partial charge in [-0.1, -0.05) is 13.8 Å². The lowest BCUT2D eigenvalue weighted by molar-refractivity contribution is -0.227. The van der Waals surface area contributed by atoms with Crippen molar-refractivity contribution < 1.29 is 19.7 Å². The second kappa shape index (κ2) is 5.66. The van der Waals surface area contributed by atoms with Crippen LogP contribution >= 0.6 is 0 Å². The fourth-order valence-corrected chi connectivity index (χ4v) is 10.4. The minimum absolute atomic E-state index is 0.0718. The summed E-state index contributed by atoms with van der Waals surface area (Å²) in [6, 6.07) is 0. The van der Waals surface area contributed by atoms with E-state index in [1.165, 1.54) is 12.8 Å². The molecule has 0 saturated heterocycles. The molecule has 6 rings (SSSR count). The standard InChI is InChI=1S/C25H38O4/c1-22-8-5-14(27)13-24(22,28)18-11-15(18)20-17(22)6-9-23(2)21(20)16-12-19(16)25(23,29-3)7-4-10-26/h15-21,26,28H,4-13H2,1-3H3. The second-order valence-corrected chi connectivity index (χ2v) is 12.2. The highest BCUT2D eigenvalue weighted by molar-refractivity contribution is 5.81. The molecular weight excluding hydrogens is 364 g/mol. The van der Waals surface area contributed by atoms with Gasteiger partial charge in [0.25, 0.3) is 0 Å². The van der Waals surface area contributed by atoms with E-state index in [4.69, 9.17) is 4.74 Å². The molecule has 0 aromatic carbocycles. The van der Waals surface area contributed by atoms with Crippen molar-refractivity contribution in [1.82, 2.24) is 0 Å². The van der Waals surface area contributed by atoms with Gasteiger partial charge in [0.1, 0.15) is 5.78 Å². The van der Waals surface area contributed by atoms with Gasteiger partial charge in [-0.25, -0.2) is 0 Å². The lowest BCUT2D eigenvalue weighted by Crippen LogP contribution is -2.65. The van der Waals surface area contributed by atoms with Crippen molar-refractivity contribution in [2.75, 3.05) is 13.7 Å².